The van der Waals surface area contributed by atoms with Crippen molar-refractivity contribution in [3.63, 3.8) is 0 Å². The maximum absolute atomic E-state index is 12.9. The van der Waals surface area contributed by atoms with E-state index in [9.17, 15) is 22.4 Å². The van der Waals surface area contributed by atoms with E-state index in [1.54, 1.807) is 0 Å². The summed E-state index contributed by atoms with van der Waals surface area (Å²) in [4.78, 5) is 10.3. The Bertz CT molecular complexity index is 636. The van der Waals surface area contributed by atoms with E-state index < -0.39 is 29.1 Å². The summed E-state index contributed by atoms with van der Waals surface area (Å²) in [5, 5.41) is 8.35. The molecule has 0 aromatic heterocycles. The number of carbonyl (C=O) groups is 1. The molecule has 0 aliphatic rings. The fraction of sp³-hybridized carbons (Fsp3) is 0.0714. The fourth-order valence-electron chi connectivity index (χ4n) is 1.35. The van der Waals surface area contributed by atoms with Gasteiger partial charge in [-0.15, -0.1) is 0 Å². The molecule has 2 rings (SSSR count). The van der Waals surface area contributed by atoms with E-state index in [1.165, 1.54) is 3.57 Å². The molecule has 0 unspecified atom stereocenters. The van der Waals surface area contributed by atoms with Crippen molar-refractivity contribution in [2.45, 2.75) is 6.18 Å². The number of halogens is 6. The summed E-state index contributed by atoms with van der Waals surface area (Å²) in [5.41, 5.74) is -2.56. The molecule has 0 amide bonds. The van der Waals surface area contributed by atoms with Crippen molar-refractivity contribution in [2.75, 3.05) is 0 Å². The van der Waals surface area contributed by atoms with Crippen LogP contribution in [0.3, 0.4) is 0 Å². The van der Waals surface area contributed by atoms with E-state index in [0.29, 0.717) is 6.07 Å². The molecule has 0 aliphatic carbocycles. The molecule has 0 fully saturated rings. The molecule has 1 N–H and O–H groups in total. The second kappa shape index (κ2) is 7.91. The third-order valence-corrected chi connectivity index (χ3v) is 3.59. The summed E-state index contributed by atoms with van der Waals surface area (Å²) in [6.07, 6.45) is -4.88. The summed E-state index contributed by atoms with van der Waals surface area (Å²) in [5.74, 6) is -3.49. The van der Waals surface area contributed by atoms with Gasteiger partial charge in [0.25, 0.3) is 0 Å². The zero-order chi connectivity index (χ0) is 16.9. The lowest BCUT2D eigenvalue weighted by Crippen LogP contribution is -2.12. The normalized spacial score (nSPS) is 10.6. The summed E-state index contributed by atoms with van der Waals surface area (Å²) in [6, 6.07) is 10.3. The Hall–Kier alpha value is -1.16. The molecule has 0 aliphatic heterocycles. The lowest BCUT2D eigenvalue weighted by Gasteiger charge is -2.08. The van der Waals surface area contributed by atoms with Gasteiger partial charge < -0.3 is 5.11 Å². The quantitative estimate of drug-likeness (QED) is 0.417. The Labute approximate surface area is 145 Å². The molecule has 2 aromatic rings. The van der Waals surface area contributed by atoms with E-state index in [-0.39, 0.29) is 0 Å². The van der Waals surface area contributed by atoms with Crippen LogP contribution in [-0.2, 0) is 6.18 Å². The van der Waals surface area contributed by atoms with Crippen molar-refractivity contribution in [1.82, 2.24) is 0 Å². The van der Waals surface area contributed by atoms with E-state index in [4.69, 9.17) is 5.11 Å². The lowest BCUT2D eigenvalue weighted by molar-refractivity contribution is -0.140. The standard InChI is InChI=1S/C8H4F4O2.C6H4BrI/c9-6-4(7(13)14)2-1-3-5(6)8(10,11)12;7-5-1-3-6(8)4-2-5/h1-3H,(H,13,14);1-4H. The van der Waals surface area contributed by atoms with Gasteiger partial charge in [0.2, 0.25) is 0 Å². The molecule has 0 spiro atoms. The molecule has 0 atom stereocenters. The first-order chi connectivity index (χ1) is 10.1. The third kappa shape index (κ3) is 5.56. The van der Waals surface area contributed by atoms with Crippen LogP contribution in [0.4, 0.5) is 17.6 Å². The Kier molecular flexibility index (Phi) is 6.79. The molecule has 8 heteroatoms. The van der Waals surface area contributed by atoms with E-state index in [2.05, 4.69) is 50.7 Å². The largest absolute Gasteiger partial charge is 0.478 e. The van der Waals surface area contributed by atoms with Gasteiger partial charge in [0, 0.05) is 8.04 Å². The van der Waals surface area contributed by atoms with Crippen LogP contribution in [0, 0.1) is 9.39 Å². The Balaban J connectivity index is 0.000000255. The predicted molar refractivity (Wildman–Crippen MR) is 85.2 cm³/mol. The molecule has 0 radical (unpaired) electrons. The van der Waals surface area contributed by atoms with Crippen molar-refractivity contribution in [1.29, 1.82) is 0 Å². The van der Waals surface area contributed by atoms with Gasteiger partial charge in [-0.1, -0.05) is 22.0 Å². The maximum atomic E-state index is 12.9. The maximum Gasteiger partial charge on any atom is 0.419 e. The zero-order valence-electron chi connectivity index (χ0n) is 10.7. The predicted octanol–water partition coefficient (Wildman–Crippen LogP) is 5.60. The van der Waals surface area contributed by atoms with Crippen LogP contribution in [0.5, 0.6) is 0 Å². The van der Waals surface area contributed by atoms with Crippen LogP contribution < -0.4 is 0 Å². The Morgan fingerprint density at radius 3 is 2.05 bits per heavy atom. The summed E-state index contributed by atoms with van der Waals surface area (Å²) in [6.45, 7) is 0. The Morgan fingerprint density at radius 2 is 1.64 bits per heavy atom. The number of aromatic carboxylic acids is 1. The highest BCUT2D eigenvalue weighted by Crippen LogP contribution is 2.32. The van der Waals surface area contributed by atoms with Gasteiger partial charge >= 0.3 is 12.1 Å². The van der Waals surface area contributed by atoms with Crippen LogP contribution in [0.25, 0.3) is 0 Å². The summed E-state index contributed by atoms with van der Waals surface area (Å²) in [7, 11) is 0. The molecule has 0 saturated carbocycles. The average molecular weight is 491 g/mol. The minimum absolute atomic E-state index is 0.488. The van der Waals surface area contributed by atoms with Crippen LogP contribution in [0.2, 0.25) is 0 Å². The number of carboxylic acid groups (broad SMARTS) is 1. The van der Waals surface area contributed by atoms with Crippen LogP contribution in [-0.4, -0.2) is 11.1 Å². The number of hydrogen-bond acceptors (Lipinski definition) is 1. The van der Waals surface area contributed by atoms with Crippen molar-refractivity contribution < 1.29 is 27.5 Å². The Morgan fingerprint density at radius 1 is 1.09 bits per heavy atom. The molecule has 22 heavy (non-hydrogen) atoms. The highest BCUT2D eigenvalue weighted by atomic mass is 127. The molecule has 2 nitrogen and oxygen atoms in total. The summed E-state index contributed by atoms with van der Waals surface area (Å²) < 4.78 is 51.5. The van der Waals surface area contributed by atoms with Gasteiger partial charge in [-0.05, 0) is 59.0 Å². The fourth-order valence-corrected chi connectivity index (χ4v) is 1.97. The minimum atomic E-state index is -4.88. The molecular formula is C14H8BrF4IO2. The monoisotopic (exact) mass is 490 g/mol. The molecule has 2 aromatic carbocycles. The topological polar surface area (TPSA) is 37.3 Å². The van der Waals surface area contributed by atoms with Gasteiger partial charge in [-0.2, -0.15) is 13.2 Å². The first-order valence-corrected chi connectivity index (χ1v) is 7.50. The van der Waals surface area contributed by atoms with Gasteiger partial charge in [0.1, 0.15) is 5.82 Å². The van der Waals surface area contributed by atoms with Crippen molar-refractivity contribution in [3.05, 3.63) is 67.5 Å². The molecule has 0 saturated heterocycles. The second-order valence-corrected chi connectivity index (χ2v) is 6.07. The average Bonchev–Trinajstić information content (AvgIpc) is 2.41. The van der Waals surface area contributed by atoms with Crippen molar-refractivity contribution >= 4 is 44.5 Å². The summed E-state index contributed by atoms with van der Waals surface area (Å²) >= 11 is 5.62. The van der Waals surface area contributed by atoms with E-state index in [1.807, 2.05) is 12.1 Å². The number of carboxylic acids is 1. The number of alkyl halides is 3. The molecule has 0 bridgehead atoms. The van der Waals surface area contributed by atoms with Crippen LogP contribution >= 0.6 is 38.5 Å². The highest BCUT2D eigenvalue weighted by Gasteiger charge is 2.35. The first-order valence-electron chi connectivity index (χ1n) is 5.63. The molecule has 118 valence electrons. The van der Waals surface area contributed by atoms with E-state index in [0.717, 1.165) is 16.6 Å². The zero-order valence-corrected chi connectivity index (χ0v) is 14.4. The number of rotatable bonds is 1. The van der Waals surface area contributed by atoms with Crippen molar-refractivity contribution in [2.24, 2.45) is 0 Å². The minimum Gasteiger partial charge on any atom is -0.478 e. The van der Waals surface area contributed by atoms with Crippen LogP contribution in [0.1, 0.15) is 15.9 Å². The smallest absolute Gasteiger partial charge is 0.419 e. The van der Waals surface area contributed by atoms with Crippen molar-refractivity contribution in [3.8, 4) is 0 Å². The van der Waals surface area contributed by atoms with Gasteiger partial charge in [-0.3, -0.25) is 0 Å². The highest BCUT2D eigenvalue weighted by molar-refractivity contribution is 14.1. The van der Waals surface area contributed by atoms with Crippen LogP contribution in [0.15, 0.2) is 46.9 Å². The molecule has 0 heterocycles. The third-order valence-electron chi connectivity index (χ3n) is 2.34. The number of hydrogen-bond donors (Lipinski definition) is 1. The lowest BCUT2D eigenvalue weighted by atomic mass is 10.1. The second-order valence-electron chi connectivity index (χ2n) is 3.91. The van der Waals surface area contributed by atoms with Gasteiger partial charge in [0.15, 0.2) is 0 Å². The number of benzene rings is 2. The van der Waals surface area contributed by atoms with Gasteiger partial charge in [-0.25, -0.2) is 9.18 Å². The SMILES string of the molecule is Brc1ccc(I)cc1.O=C(O)c1cccc(C(F)(F)F)c1F. The van der Waals surface area contributed by atoms with Gasteiger partial charge in [0.05, 0.1) is 11.1 Å². The van der Waals surface area contributed by atoms with E-state index >= 15 is 0 Å². The first kappa shape index (κ1) is 18.9. The molecular weight excluding hydrogens is 483 g/mol.